The molecule has 3 heterocycles. The second kappa shape index (κ2) is 5.88. The van der Waals surface area contributed by atoms with Crippen molar-refractivity contribution in [2.75, 3.05) is 0 Å². The van der Waals surface area contributed by atoms with Gasteiger partial charge in [0.2, 0.25) is 11.8 Å². The van der Waals surface area contributed by atoms with Gasteiger partial charge in [-0.3, -0.25) is 19.5 Å². The van der Waals surface area contributed by atoms with E-state index in [0.717, 1.165) is 38.2 Å². The first-order chi connectivity index (χ1) is 12.9. The number of likely N-dealkylation sites (tertiary alicyclic amines) is 1. The number of nitrogens with zero attached hydrogens (tertiary/aromatic N) is 2. The van der Waals surface area contributed by atoms with Gasteiger partial charge in [0.1, 0.15) is 0 Å². The first-order valence-electron chi connectivity index (χ1n) is 8.94. The van der Waals surface area contributed by atoms with Gasteiger partial charge in [-0.15, -0.1) is 11.3 Å². The van der Waals surface area contributed by atoms with Crippen molar-refractivity contribution in [1.82, 2.24) is 9.88 Å². The van der Waals surface area contributed by atoms with Crippen LogP contribution in [0.3, 0.4) is 0 Å². The van der Waals surface area contributed by atoms with Crippen molar-refractivity contribution in [3.63, 3.8) is 0 Å². The maximum Gasteiger partial charge on any atom is 0.233 e. The fourth-order valence-corrected chi connectivity index (χ4v) is 5.34. The Morgan fingerprint density at radius 2 is 1.89 bits per heavy atom. The Labute approximate surface area is 165 Å². The molecule has 1 aliphatic carbocycles. The Bertz CT molecular complexity index is 1120. The van der Waals surface area contributed by atoms with E-state index in [-0.39, 0.29) is 23.7 Å². The molecule has 4 nitrogen and oxygen atoms in total. The van der Waals surface area contributed by atoms with Crippen molar-refractivity contribution in [2.24, 2.45) is 11.8 Å². The minimum atomic E-state index is -0.0577. The third-order valence-corrected chi connectivity index (χ3v) is 7.02. The van der Waals surface area contributed by atoms with E-state index in [2.05, 4.69) is 18.8 Å². The highest BCUT2D eigenvalue weighted by molar-refractivity contribution is 7.19. The maximum atomic E-state index is 12.3. The number of benzene rings is 1. The number of hydrogen-bond donors (Lipinski definition) is 0. The summed E-state index contributed by atoms with van der Waals surface area (Å²) in [6.07, 6.45) is 2.53. The molecule has 2 fully saturated rings. The molecule has 2 unspecified atom stereocenters. The number of pyridine rings is 1. The molecule has 1 saturated heterocycles. The third-order valence-electron chi connectivity index (χ3n) is 5.66. The molecule has 0 N–H and O–H groups in total. The van der Waals surface area contributed by atoms with E-state index in [1.807, 2.05) is 24.3 Å². The van der Waals surface area contributed by atoms with Gasteiger partial charge in [0.15, 0.2) is 0 Å². The molecule has 0 bridgehead atoms. The summed E-state index contributed by atoms with van der Waals surface area (Å²) in [6.45, 7) is 4.49. The van der Waals surface area contributed by atoms with Crippen molar-refractivity contribution in [3.8, 4) is 11.1 Å². The molecule has 3 aromatic rings. The number of piperidine rings is 1. The molecule has 1 saturated carbocycles. The van der Waals surface area contributed by atoms with E-state index in [4.69, 9.17) is 11.6 Å². The number of amides is 2. The minimum Gasteiger partial charge on any atom is -0.277 e. The van der Waals surface area contributed by atoms with Gasteiger partial charge >= 0.3 is 0 Å². The van der Waals surface area contributed by atoms with Crippen LogP contribution in [0.2, 0.25) is 5.02 Å². The standard InChI is InChI=1S/C21H17ClN2O2S/c1-10-5-12(22)6-15(11(10)2)14-3-4-23-18-7-13(27-19(14)18)9-24-20(25)16-8-17(16)21(24)26/h3-7,16-17H,8-9H2,1-2H3. The molecule has 2 atom stereocenters. The molecule has 0 radical (unpaired) electrons. The van der Waals surface area contributed by atoms with Gasteiger partial charge in [0, 0.05) is 21.7 Å². The van der Waals surface area contributed by atoms with E-state index in [1.54, 1.807) is 17.5 Å². The molecule has 27 heavy (non-hydrogen) atoms. The Balaban J connectivity index is 1.57. The van der Waals surface area contributed by atoms with Gasteiger partial charge < -0.3 is 0 Å². The normalized spacial score (nSPS) is 21.2. The summed E-state index contributed by atoms with van der Waals surface area (Å²) in [5, 5.41) is 0.710. The highest BCUT2D eigenvalue weighted by Gasteiger charge is 2.58. The van der Waals surface area contributed by atoms with Gasteiger partial charge in [-0.2, -0.15) is 0 Å². The molecule has 2 amide bonds. The van der Waals surface area contributed by atoms with Crippen molar-refractivity contribution < 1.29 is 9.59 Å². The van der Waals surface area contributed by atoms with Crippen LogP contribution in [0.25, 0.3) is 21.3 Å². The van der Waals surface area contributed by atoms with Crippen LogP contribution < -0.4 is 0 Å². The van der Waals surface area contributed by atoms with Gasteiger partial charge in [0.05, 0.1) is 28.6 Å². The monoisotopic (exact) mass is 396 g/mol. The third kappa shape index (κ3) is 2.60. The Morgan fingerprint density at radius 1 is 1.15 bits per heavy atom. The highest BCUT2D eigenvalue weighted by Crippen LogP contribution is 2.48. The molecule has 5 rings (SSSR count). The van der Waals surface area contributed by atoms with E-state index in [1.165, 1.54) is 10.5 Å². The molecule has 2 aliphatic rings. The van der Waals surface area contributed by atoms with Gasteiger partial charge in [-0.05, 0) is 61.2 Å². The lowest BCUT2D eigenvalue weighted by Crippen LogP contribution is -2.31. The second-order valence-corrected chi connectivity index (χ2v) is 8.97. The van der Waals surface area contributed by atoms with E-state index >= 15 is 0 Å². The van der Waals surface area contributed by atoms with Gasteiger partial charge in [0.25, 0.3) is 0 Å². The number of imide groups is 1. The fourth-order valence-electron chi connectivity index (χ4n) is 3.93. The Kier molecular flexibility index (Phi) is 3.68. The SMILES string of the molecule is Cc1cc(Cl)cc(-c2ccnc3cc(CN4C(=O)C5CC5C4=O)sc23)c1C. The van der Waals surface area contributed by atoms with Crippen LogP contribution in [0.1, 0.15) is 22.4 Å². The number of aryl methyl sites for hydroxylation is 1. The largest absolute Gasteiger partial charge is 0.277 e. The second-order valence-electron chi connectivity index (χ2n) is 7.39. The quantitative estimate of drug-likeness (QED) is 0.601. The predicted octanol–water partition coefficient (Wildman–Crippen LogP) is 4.74. The number of aromatic nitrogens is 1. The van der Waals surface area contributed by atoms with Gasteiger partial charge in [-0.1, -0.05) is 11.6 Å². The van der Waals surface area contributed by atoms with Gasteiger partial charge in [-0.25, -0.2) is 0 Å². The van der Waals surface area contributed by atoms with Crippen LogP contribution in [0.15, 0.2) is 30.5 Å². The molecule has 136 valence electrons. The van der Waals surface area contributed by atoms with Crippen molar-refractivity contribution in [2.45, 2.75) is 26.8 Å². The lowest BCUT2D eigenvalue weighted by molar-refractivity contribution is -0.141. The zero-order valence-corrected chi connectivity index (χ0v) is 16.5. The molecular weight excluding hydrogens is 380 g/mol. The minimum absolute atomic E-state index is 0.0167. The average molecular weight is 397 g/mol. The zero-order chi connectivity index (χ0) is 18.9. The number of hydrogen-bond acceptors (Lipinski definition) is 4. The summed E-state index contributed by atoms with van der Waals surface area (Å²) in [6, 6.07) is 7.94. The topological polar surface area (TPSA) is 50.3 Å². The first-order valence-corrected chi connectivity index (χ1v) is 10.1. The van der Waals surface area contributed by atoms with E-state index in [0.29, 0.717) is 11.6 Å². The average Bonchev–Trinajstić information content (AvgIpc) is 3.27. The summed E-state index contributed by atoms with van der Waals surface area (Å²) in [4.78, 5) is 31.4. The molecular formula is C21H17ClN2O2S. The van der Waals surface area contributed by atoms with E-state index < -0.39 is 0 Å². The lowest BCUT2D eigenvalue weighted by atomic mass is 9.97. The number of fused-ring (bicyclic) bond motifs is 2. The van der Waals surface area contributed by atoms with Crippen LogP contribution in [-0.2, 0) is 16.1 Å². The fraction of sp³-hybridized carbons (Fsp3) is 0.286. The summed E-state index contributed by atoms with van der Waals surface area (Å²) in [5.41, 5.74) is 5.39. The molecule has 1 aliphatic heterocycles. The first kappa shape index (κ1) is 16.9. The van der Waals surface area contributed by atoms with Crippen LogP contribution in [-0.4, -0.2) is 21.7 Å². The number of halogens is 1. The Morgan fingerprint density at radius 3 is 2.63 bits per heavy atom. The summed E-state index contributed by atoms with van der Waals surface area (Å²) < 4.78 is 1.06. The van der Waals surface area contributed by atoms with Crippen molar-refractivity contribution >= 4 is 45.0 Å². The molecule has 6 heteroatoms. The predicted molar refractivity (Wildman–Crippen MR) is 107 cm³/mol. The summed E-state index contributed by atoms with van der Waals surface area (Å²) >= 11 is 7.89. The number of carbonyl (C=O) groups is 2. The Hall–Kier alpha value is -2.24. The van der Waals surface area contributed by atoms with Crippen LogP contribution in [0, 0.1) is 25.7 Å². The van der Waals surface area contributed by atoms with E-state index in [9.17, 15) is 9.59 Å². The summed E-state index contributed by atoms with van der Waals surface area (Å²) in [5.74, 6) is -0.149. The summed E-state index contributed by atoms with van der Waals surface area (Å²) in [7, 11) is 0. The molecule has 1 aromatic carbocycles. The highest BCUT2D eigenvalue weighted by atomic mass is 35.5. The maximum absolute atomic E-state index is 12.3. The molecule has 0 spiro atoms. The smallest absolute Gasteiger partial charge is 0.233 e. The number of carbonyl (C=O) groups excluding carboxylic acids is 2. The van der Waals surface area contributed by atoms with Crippen LogP contribution in [0.4, 0.5) is 0 Å². The van der Waals surface area contributed by atoms with Crippen molar-refractivity contribution in [1.29, 1.82) is 0 Å². The van der Waals surface area contributed by atoms with Crippen LogP contribution >= 0.6 is 22.9 Å². The van der Waals surface area contributed by atoms with Crippen molar-refractivity contribution in [3.05, 3.63) is 51.5 Å². The number of rotatable bonds is 3. The number of thiophene rings is 1. The van der Waals surface area contributed by atoms with Crippen LogP contribution in [0.5, 0.6) is 0 Å². The lowest BCUT2D eigenvalue weighted by Gasteiger charge is -2.14. The molecule has 2 aromatic heterocycles. The zero-order valence-electron chi connectivity index (χ0n) is 15.0.